The normalized spacial score (nSPS) is 11.3. The van der Waals surface area contributed by atoms with E-state index in [0.717, 1.165) is 25.4 Å². The average Bonchev–Trinajstić information content (AvgIpc) is 2.93. The number of rotatable bonds is 2. The van der Waals surface area contributed by atoms with Gasteiger partial charge in [0.25, 0.3) is 0 Å². The van der Waals surface area contributed by atoms with Gasteiger partial charge in [0, 0.05) is 30.8 Å². The van der Waals surface area contributed by atoms with E-state index in [2.05, 4.69) is 58.4 Å². The zero-order chi connectivity index (χ0) is 15.3. The number of hydrogen-bond donors (Lipinski definition) is 1. The van der Waals surface area contributed by atoms with Crippen LogP contribution in [0.15, 0.2) is 61.2 Å². The molecular formula is C19H12INO. The molecule has 1 aromatic heterocycles. The third-order valence-electron chi connectivity index (χ3n) is 4.05. The Morgan fingerprint density at radius 3 is 2.64 bits per heavy atom. The molecule has 0 unspecified atom stereocenters. The highest BCUT2D eigenvalue weighted by atomic mass is 127. The summed E-state index contributed by atoms with van der Waals surface area (Å²) in [7, 11) is 0. The van der Waals surface area contributed by atoms with Crippen LogP contribution in [0, 0.1) is 3.57 Å². The number of aromatic amines is 1. The number of fused-ring (bicyclic) bond motifs is 5. The molecule has 22 heavy (non-hydrogen) atoms. The molecular weight excluding hydrogens is 385 g/mol. The van der Waals surface area contributed by atoms with Gasteiger partial charge >= 0.3 is 0 Å². The Hall–Kier alpha value is -2.14. The van der Waals surface area contributed by atoms with E-state index in [1.807, 2.05) is 24.3 Å². The Bertz CT molecular complexity index is 1080. The van der Waals surface area contributed by atoms with Crippen molar-refractivity contribution < 1.29 is 4.79 Å². The van der Waals surface area contributed by atoms with Crippen LogP contribution in [-0.2, 0) is 0 Å². The molecule has 0 bridgehead atoms. The highest BCUT2D eigenvalue weighted by Crippen LogP contribution is 2.34. The topological polar surface area (TPSA) is 32.9 Å². The molecule has 0 saturated heterocycles. The summed E-state index contributed by atoms with van der Waals surface area (Å²) in [4.78, 5) is 15.6. The number of ketones is 1. The smallest absolute Gasteiger partial charge is 0.186 e. The number of para-hydroxylation sites is 1. The zero-order valence-corrected chi connectivity index (χ0v) is 13.8. The lowest BCUT2D eigenvalue weighted by molar-refractivity contribution is 0.104. The van der Waals surface area contributed by atoms with Gasteiger partial charge in [0.05, 0.1) is 5.52 Å². The van der Waals surface area contributed by atoms with E-state index < -0.39 is 0 Å². The van der Waals surface area contributed by atoms with Gasteiger partial charge in [-0.1, -0.05) is 43.0 Å². The highest BCUT2D eigenvalue weighted by Gasteiger charge is 2.14. The van der Waals surface area contributed by atoms with E-state index in [1.54, 1.807) is 0 Å². The first-order valence-electron chi connectivity index (χ1n) is 6.99. The van der Waals surface area contributed by atoms with Crippen LogP contribution in [0.3, 0.4) is 0 Å². The Morgan fingerprint density at radius 1 is 1.05 bits per heavy atom. The van der Waals surface area contributed by atoms with Crippen molar-refractivity contribution in [1.82, 2.24) is 4.98 Å². The maximum Gasteiger partial charge on any atom is 0.186 e. The zero-order valence-electron chi connectivity index (χ0n) is 11.7. The molecule has 0 radical (unpaired) electrons. The van der Waals surface area contributed by atoms with Crippen molar-refractivity contribution in [3.63, 3.8) is 0 Å². The number of halogens is 1. The van der Waals surface area contributed by atoms with E-state index in [0.29, 0.717) is 5.56 Å². The molecule has 3 heteroatoms. The molecule has 1 heterocycles. The molecule has 2 nitrogen and oxygen atoms in total. The van der Waals surface area contributed by atoms with Crippen LogP contribution >= 0.6 is 22.6 Å². The third kappa shape index (κ3) is 1.82. The van der Waals surface area contributed by atoms with Crippen molar-refractivity contribution in [2.45, 2.75) is 0 Å². The number of benzene rings is 3. The number of H-pyrrole nitrogens is 1. The van der Waals surface area contributed by atoms with Crippen LogP contribution < -0.4 is 0 Å². The maximum absolute atomic E-state index is 12.1. The maximum atomic E-state index is 12.1. The molecule has 0 aliphatic heterocycles. The van der Waals surface area contributed by atoms with E-state index in [4.69, 9.17) is 0 Å². The summed E-state index contributed by atoms with van der Waals surface area (Å²) in [6.45, 7) is 3.59. The fourth-order valence-corrected chi connectivity index (χ4v) is 4.02. The largest absolute Gasteiger partial charge is 0.354 e. The molecule has 0 amide bonds. The van der Waals surface area contributed by atoms with Gasteiger partial charge in [0.15, 0.2) is 5.78 Å². The summed E-state index contributed by atoms with van der Waals surface area (Å²) < 4.78 is 0.970. The minimum Gasteiger partial charge on any atom is -0.354 e. The van der Waals surface area contributed by atoms with Crippen LogP contribution in [-0.4, -0.2) is 10.8 Å². The second-order valence-electron chi connectivity index (χ2n) is 5.25. The van der Waals surface area contributed by atoms with Gasteiger partial charge in [-0.3, -0.25) is 4.79 Å². The summed E-state index contributed by atoms with van der Waals surface area (Å²) in [6, 6.07) is 16.4. The van der Waals surface area contributed by atoms with Crippen LogP contribution in [0.4, 0.5) is 0 Å². The fraction of sp³-hybridized carbons (Fsp3) is 0. The van der Waals surface area contributed by atoms with Crippen molar-refractivity contribution in [3.8, 4) is 0 Å². The van der Waals surface area contributed by atoms with Gasteiger partial charge in [0.1, 0.15) is 0 Å². The Kier molecular flexibility index (Phi) is 3.04. The molecule has 0 aliphatic carbocycles. The SMILES string of the molecule is C=CC(=O)c1ccc2ccc3c4ccccc4[nH]c3c2c1I. The monoisotopic (exact) mass is 397 g/mol. The van der Waals surface area contributed by atoms with Crippen molar-refractivity contribution in [3.05, 3.63) is 70.3 Å². The summed E-state index contributed by atoms with van der Waals surface area (Å²) in [5.41, 5.74) is 2.90. The van der Waals surface area contributed by atoms with Gasteiger partial charge in [-0.15, -0.1) is 0 Å². The number of carbonyl (C=O) groups is 1. The van der Waals surface area contributed by atoms with Gasteiger partial charge in [-0.05, 0) is 46.2 Å². The molecule has 0 spiro atoms. The number of carbonyl (C=O) groups excluding carboxylic acids is 1. The first-order valence-corrected chi connectivity index (χ1v) is 8.07. The van der Waals surface area contributed by atoms with E-state index >= 15 is 0 Å². The fourth-order valence-electron chi connectivity index (χ4n) is 2.99. The second-order valence-corrected chi connectivity index (χ2v) is 6.33. The lowest BCUT2D eigenvalue weighted by Crippen LogP contribution is -1.98. The minimum atomic E-state index is -0.0422. The van der Waals surface area contributed by atoms with Crippen molar-refractivity contribution in [2.24, 2.45) is 0 Å². The minimum absolute atomic E-state index is 0.0422. The third-order valence-corrected chi connectivity index (χ3v) is 5.17. The molecule has 106 valence electrons. The lowest BCUT2D eigenvalue weighted by atomic mass is 10.0. The average molecular weight is 397 g/mol. The van der Waals surface area contributed by atoms with E-state index in [-0.39, 0.29) is 5.78 Å². The van der Waals surface area contributed by atoms with E-state index in [1.165, 1.54) is 16.8 Å². The molecule has 0 aliphatic rings. The number of nitrogens with one attached hydrogen (secondary N) is 1. The Morgan fingerprint density at radius 2 is 1.82 bits per heavy atom. The molecule has 0 atom stereocenters. The molecule has 0 saturated carbocycles. The molecule has 0 fully saturated rings. The summed E-state index contributed by atoms with van der Waals surface area (Å²) >= 11 is 2.26. The Balaban J connectivity index is 2.22. The van der Waals surface area contributed by atoms with Crippen LogP contribution in [0.2, 0.25) is 0 Å². The van der Waals surface area contributed by atoms with Gasteiger partial charge in [0.2, 0.25) is 0 Å². The van der Waals surface area contributed by atoms with Crippen molar-refractivity contribution in [1.29, 1.82) is 0 Å². The van der Waals surface area contributed by atoms with E-state index in [9.17, 15) is 4.79 Å². The standard InChI is InChI=1S/C19H12INO/c1-2-16(22)14-10-8-11-7-9-13-12-5-3-4-6-15(12)21-19(13)17(11)18(14)20/h2-10,21H,1H2. The Labute approximate surface area is 141 Å². The van der Waals surface area contributed by atoms with Gasteiger partial charge < -0.3 is 4.98 Å². The molecule has 3 aromatic carbocycles. The quantitative estimate of drug-likeness (QED) is 0.273. The van der Waals surface area contributed by atoms with Crippen LogP contribution in [0.5, 0.6) is 0 Å². The van der Waals surface area contributed by atoms with Crippen LogP contribution in [0.1, 0.15) is 10.4 Å². The molecule has 4 aromatic rings. The van der Waals surface area contributed by atoms with Crippen LogP contribution in [0.25, 0.3) is 32.6 Å². The lowest BCUT2D eigenvalue weighted by Gasteiger charge is -2.07. The van der Waals surface area contributed by atoms with Crippen molar-refractivity contribution >= 4 is 61.0 Å². The first-order chi connectivity index (χ1) is 10.7. The van der Waals surface area contributed by atoms with Crippen molar-refractivity contribution in [2.75, 3.05) is 0 Å². The predicted octanol–water partition coefficient (Wildman–Crippen LogP) is 5.45. The summed E-state index contributed by atoms with van der Waals surface area (Å²) in [5.74, 6) is -0.0422. The predicted molar refractivity (Wildman–Crippen MR) is 101 cm³/mol. The number of hydrogen-bond acceptors (Lipinski definition) is 1. The molecule has 4 rings (SSSR count). The number of aromatic nitrogens is 1. The first kappa shape index (κ1) is 13.5. The molecule has 1 N–H and O–H groups in total. The summed E-state index contributed by atoms with van der Waals surface area (Å²) in [6.07, 6.45) is 1.37. The second kappa shape index (κ2) is 4.95. The number of allylic oxidation sites excluding steroid dienone is 1. The van der Waals surface area contributed by atoms with Gasteiger partial charge in [-0.2, -0.15) is 0 Å². The summed E-state index contributed by atoms with van der Waals surface area (Å²) in [5, 5.41) is 4.62. The highest BCUT2D eigenvalue weighted by molar-refractivity contribution is 14.1. The van der Waals surface area contributed by atoms with Gasteiger partial charge in [-0.25, -0.2) is 0 Å².